The molecule has 1 aromatic rings. The minimum absolute atomic E-state index is 0.0826. The van der Waals surface area contributed by atoms with Crippen LogP contribution in [0.5, 0.6) is 0 Å². The number of aliphatic carboxylic acids is 1. The molecule has 0 radical (unpaired) electrons. The van der Waals surface area contributed by atoms with Crippen LogP contribution in [0.25, 0.3) is 6.08 Å². The number of nitrogens with one attached hydrogen (secondary N) is 1. The molecule has 0 aliphatic rings. The van der Waals surface area contributed by atoms with E-state index in [2.05, 4.69) is 5.32 Å². The fraction of sp³-hybridized carbons (Fsp3) is 0.375. The van der Waals surface area contributed by atoms with E-state index < -0.39 is 12.0 Å². The van der Waals surface area contributed by atoms with Crippen LogP contribution >= 0.6 is 0 Å². The molecule has 2 N–H and O–H groups in total. The topological polar surface area (TPSA) is 66.4 Å². The Morgan fingerprint density at radius 1 is 1.29 bits per heavy atom. The summed E-state index contributed by atoms with van der Waals surface area (Å²) < 4.78 is 12.7. The number of carbonyl (C=O) groups is 2. The van der Waals surface area contributed by atoms with Gasteiger partial charge in [0.25, 0.3) is 0 Å². The van der Waals surface area contributed by atoms with Crippen molar-refractivity contribution in [2.75, 3.05) is 0 Å². The summed E-state index contributed by atoms with van der Waals surface area (Å²) in [5.41, 5.74) is 0.779. The molecule has 0 bridgehead atoms. The molecule has 0 aliphatic carbocycles. The summed E-state index contributed by atoms with van der Waals surface area (Å²) in [7, 11) is 0. The molecule has 0 unspecified atom stereocenters. The Labute approximate surface area is 123 Å². The number of hydrogen-bond acceptors (Lipinski definition) is 2. The van der Waals surface area contributed by atoms with Crippen LogP contribution in [0.15, 0.2) is 30.3 Å². The molecule has 0 heterocycles. The van der Waals surface area contributed by atoms with Crippen LogP contribution < -0.4 is 5.32 Å². The normalized spacial score (nSPS) is 12.6. The molecule has 1 amide bonds. The van der Waals surface area contributed by atoms with Gasteiger partial charge in [0.2, 0.25) is 5.91 Å². The van der Waals surface area contributed by atoms with Gasteiger partial charge in [-0.25, -0.2) is 9.18 Å². The molecule has 0 aliphatic heterocycles. The van der Waals surface area contributed by atoms with E-state index in [0.717, 1.165) is 5.56 Å². The molecule has 0 saturated carbocycles. The fourth-order valence-electron chi connectivity index (χ4n) is 1.82. The Kier molecular flexibility index (Phi) is 6.59. The number of carbonyl (C=O) groups excluding carboxylic acids is 1. The predicted molar refractivity (Wildman–Crippen MR) is 79.1 cm³/mol. The number of benzene rings is 1. The monoisotopic (exact) mass is 293 g/mol. The third-order valence-corrected chi connectivity index (χ3v) is 2.82. The van der Waals surface area contributed by atoms with Gasteiger partial charge in [-0.15, -0.1) is 0 Å². The molecule has 1 aromatic carbocycles. The van der Waals surface area contributed by atoms with Gasteiger partial charge in [0.05, 0.1) is 0 Å². The van der Waals surface area contributed by atoms with Crippen molar-refractivity contribution in [2.45, 2.75) is 32.7 Å². The lowest BCUT2D eigenvalue weighted by molar-refractivity contribution is -0.142. The fourth-order valence-corrected chi connectivity index (χ4v) is 1.82. The second-order valence-corrected chi connectivity index (χ2v) is 5.25. The standard InChI is InChI=1S/C16H20FNO3/c1-11(2)10-14(16(20)21)18-15(19)5-3-4-12-6-8-13(17)9-7-12/h3-4,6-9,11,14H,5,10H2,1-2H3,(H,18,19)(H,20,21)/b4-3+/t14-/m1/s1. The van der Waals surface area contributed by atoms with Gasteiger partial charge in [-0.3, -0.25) is 4.79 Å². The van der Waals surface area contributed by atoms with Crippen molar-refractivity contribution in [1.82, 2.24) is 5.32 Å². The van der Waals surface area contributed by atoms with Gasteiger partial charge < -0.3 is 10.4 Å². The summed E-state index contributed by atoms with van der Waals surface area (Å²) >= 11 is 0. The Morgan fingerprint density at radius 2 is 1.90 bits per heavy atom. The molecular formula is C16H20FNO3. The number of hydrogen-bond donors (Lipinski definition) is 2. The van der Waals surface area contributed by atoms with E-state index >= 15 is 0 Å². The average molecular weight is 293 g/mol. The SMILES string of the molecule is CC(C)C[C@@H](NC(=O)C/C=C/c1ccc(F)cc1)C(=O)O. The zero-order valence-corrected chi connectivity index (χ0v) is 12.2. The first-order valence-corrected chi connectivity index (χ1v) is 6.82. The van der Waals surface area contributed by atoms with E-state index in [0.29, 0.717) is 6.42 Å². The summed E-state index contributed by atoms with van der Waals surface area (Å²) in [4.78, 5) is 22.7. The zero-order valence-electron chi connectivity index (χ0n) is 12.2. The molecule has 5 heteroatoms. The van der Waals surface area contributed by atoms with E-state index in [1.54, 1.807) is 24.3 Å². The lowest BCUT2D eigenvalue weighted by Gasteiger charge is -2.15. The maximum atomic E-state index is 12.7. The molecule has 1 rings (SSSR count). The van der Waals surface area contributed by atoms with Crippen LogP contribution in [-0.2, 0) is 9.59 Å². The van der Waals surface area contributed by atoms with Crippen LogP contribution in [0, 0.1) is 11.7 Å². The first-order valence-electron chi connectivity index (χ1n) is 6.82. The van der Waals surface area contributed by atoms with Crippen molar-refractivity contribution >= 4 is 18.0 Å². The molecule has 0 fully saturated rings. The highest BCUT2D eigenvalue weighted by molar-refractivity contribution is 5.84. The first kappa shape index (κ1) is 16.9. The molecule has 114 valence electrons. The number of carboxylic acid groups (broad SMARTS) is 1. The van der Waals surface area contributed by atoms with Crippen LogP contribution in [0.1, 0.15) is 32.3 Å². The van der Waals surface area contributed by atoms with E-state index in [9.17, 15) is 14.0 Å². The summed E-state index contributed by atoms with van der Waals surface area (Å²) in [6.45, 7) is 3.80. The minimum atomic E-state index is -1.03. The maximum Gasteiger partial charge on any atom is 0.326 e. The van der Waals surface area contributed by atoms with Crippen molar-refractivity contribution in [3.8, 4) is 0 Å². The number of carboxylic acids is 1. The van der Waals surface area contributed by atoms with Crippen LogP contribution in [-0.4, -0.2) is 23.0 Å². The summed E-state index contributed by atoms with van der Waals surface area (Å²) in [5, 5.41) is 11.5. The van der Waals surface area contributed by atoms with E-state index in [-0.39, 0.29) is 24.1 Å². The van der Waals surface area contributed by atoms with Crippen molar-refractivity contribution < 1.29 is 19.1 Å². The highest BCUT2D eigenvalue weighted by Gasteiger charge is 2.20. The van der Waals surface area contributed by atoms with Gasteiger partial charge in [0.15, 0.2) is 0 Å². The highest BCUT2D eigenvalue weighted by Crippen LogP contribution is 2.07. The van der Waals surface area contributed by atoms with Gasteiger partial charge in [0.1, 0.15) is 11.9 Å². The quantitative estimate of drug-likeness (QED) is 0.812. The Bertz CT molecular complexity index is 509. The molecule has 1 atom stereocenters. The molecule has 4 nitrogen and oxygen atoms in total. The van der Waals surface area contributed by atoms with Gasteiger partial charge in [-0.1, -0.05) is 38.1 Å². The minimum Gasteiger partial charge on any atom is -0.480 e. The third-order valence-electron chi connectivity index (χ3n) is 2.82. The van der Waals surface area contributed by atoms with Crippen molar-refractivity contribution in [1.29, 1.82) is 0 Å². The van der Waals surface area contributed by atoms with E-state index in [4.69, 9.17) is 5.11 Å². The zero-order chi connectivity index (χ0) is 15.8. The van der Waals surface area contributed by atoms with Crippen LogP contribution in [0.4, 0.5) is 4.39 Å². The summed E-state index contributed by atoms with van der Waals surface area (Å²) in [6.07, 6.45) is 3.79. The Morgan fingerprint density at radius 3 is 2.43 bits per heavy atom. The second kappa shape index (κ2) is 8.19. The highest BCUT2D eigenvalue weighted by atomic mass is 19.1. The molecular weight excluding hydrogens is 273 g/mol. The second-order valence-electron chi connectivity index (χ2n) is 5.25. The lowest BCUT2D eigenvalue weighted by atomic mass is 10.0. The number of rotatable bonds is 7. The molecule has 0 spiro atoms. The van der Waals surface area contributed by atoms with Crippen molar-refractivity contribution in [3.63, 3.8) is 0 Å². The maximum absolute atomic E-state index is 12.7. The first-order chi connectivity index (χ1) is 9.88. The molecule has 0 aromatic heterocycles. The summed E-state index contributed by atoms with van der Waals surface area (Å²) in [6, 6.07) is 5.01. The van der Waals surface area contributed by atoms with Gasteiger partial charge in [-0.05, 0) is 30.0 Å². The average Bonchev–Trinajstić information content (AvgIpc) is 2.39. The van der Waals surface area contributed by atoms with E-state index in [1.807, 2.05) is 13.8 Å². The Balaban J connectivity index is 2.48. The molecule has 21 heavy (non-hydrogen) atoms. The van der Waals surface area contributed by atoms with Crippen LogP contribution in [0.3, 0.4) is 0 Å². The Hall–Kier alpha value is -2.17. The predicted octanol–water partition coefficient (Wildman–Crippen LogP) is 2.84. The van der Waals surface area contributed by atoms with Gasteiger partial charge in [-0.2, -0.15) is 0 Å². The van der Waals surface area contributed by atoms with Crippen LogP contribution in [0.2, 0.25) is 0 Å². The largest absolute Gasteiger partial charge is 0.480 e. The smallest absolute Gasteiger partial charge is 0.326 e. The van der Waals surface area contributed by atoms with Crippen molar-refractivity contribution in [2.24, 2.45) is 5.92 Å². The van der Waals surface area contributed by atoms with Gasteiger partial charge >= 0.3 is 5.97 Å². The third kappa shape index (κ3) is 6.70. The molecule has 0 saturated heterocycles. The van der Waals surface area contributed by atoms with Crippen molar-refractivity contribution in [3.05, 3.63) is 41.7 Å². The number of amides is 1. The van der Waals surface area contributed by atoms with E-state index in [1.165, 1.54) is 12.1 Å². The number of halogens is 1. The summed E-state index contributed by atoms with van der Waals surface area (Å²) in [5.74, 6) is -1.51. The van der Waals surface area contributed by atoms with Gasteiger partial charge in [0, 0.05) is 6.42 Å². The lowest BCUT2D eigenvalue weighted by Crippen LogP contribution is -2.41.